The lowest BCUT2D eigenvalue weighted by molar-refractivity contribution is -0.138. The number of ether oxygens (including phenoxy) is 2. The first kappa shape index (κ1) is 18.8. The van der Waals surface area contributed by atoms with E-state index in [4.69, 9.17) is 26.0 Å². The maximum Gasteiger partial charge on any atom is 0.320 e. The highest BCUT2D eigenvalue weighted by Crippen LogP contribution is 1.98. The average Bonchev–Trinajstić information content (AvgIpc) is 2.41. The molecule has 0 fully saturated rings. The van der Waals surface area contributed by atoms with E-state index in [2.05, 4.69) is 5.32 Å². The fourth-order valence-corrected chi connectivity index (χ4v) is 1.36. The van der Waals surface area contributed by atoms with Crippen LogP contribution >= 0.6 is 0 Å². The van der Waals surface area contributed by atoms with Crippen LogP contribution in [0.3, 0.4) is 0 Å². The van der Waals surface area contributed by atoms with Crippen molar-refractivity contribution < 1.29 is 24.2 Å². The Morgan fingerprint density at radius 1 is 1.15 bits per heavy atom. The van der Waals surface area contributed by atoms with Gasteiger partial charge in [-0.15, -0.1) is 0 Å². The smallest absolute Gasteiger partial charge is 0.320 e. The molecule has 0 saturated heterocycles. The maximum absolute atomic E-state index is 11.3. The van der Waals surface area contributed by atoms with Gasteiger partial charge < -0.3 is 31.4 Å². The molecule has 8 heteroatoms. The van der Waals surface area contributed by atoms with Gasteiger partial charge in [-0.3, -0.25) is 9.59 Å². The second kappa shape index (κ2) is 12.8. The van der Waals surface area contributed by atoms with Gasteiger partial charge in [-0.1, -0.05) is 0 Å². The van der Waals surface area contributed by atoms with Gasteiger partial charge in [-0.2, -0.15) is 0 Å². The number of hydrogen-bond acceptors (Lipinski definition) is 6. The van der Waals surface area contributed by atoms with Gasteiger partial charge in [0.2, 0.25) is 5.91 Å². The maximum atomic E-state index is 11.3. The van der Waals surface area contributed by atoms with Crippen LogP contribution in [-0.2, 0) is 19.1 Å². The predicted molar refractivity (Wildman–Crippen MR) is 73.2 cm³/mol. The van der Waals surface area contributed by atoms with Crippen LogP contribution in [0.15, 0.2) is 0 Å². The minimum absolute atomic E-state index is 0.0133. The number of carbonyl (C=O) groups excluding carboxylic acids is 1. The molecule has 0 unspecified atom stereocenters. The molecule has 0 bridgehead atoms. The summed E-state index contributed by atoms with van der Waals surface area (Å²) < 4.78 is 10.2. The Hall–Kier alpha value is -1.22. The predicted octanol–water partition coefficient (Wildman–Crippen LogP) is -1.32. The monoisotopic (exact) mass is 291 g/mol. The van der Waals surface area contributed by atoms with E-state index in [0.29, 0.717) is 52.2 Å². The number of rotatable bonds is 13. The molecule has 0 aromatic carbocycles. The molecule has 0 heterocycles. The normalized spacial score (nSPS) is 12.1. The van der Waals surface area contributed by atoms with E-state index in [1.807, 2.05) is 0 Å². The van der Waals surface area contributed by atoms with Crippen molar-refractivity contribution in [2.24, 2.45) is 11.5 Å². The molecule has 0 radical (unpaired) electrons. The summed E-state index contributed by atoms with van der Waals surface area (Å²) in [5.41, 5.74) is 10.6. The highest BCUT2D eigenvalue weighted by Gasteiger charge is 2.10. The summed E-state index contributed by atoms with van der Waals surface area (Å²) >= 11 is 0. The molecule has 0 aliphatic heterocycles. The third kappa shape index (κ3) is 11.8. The average molecular weight is 291 g/mol. The lowest BCUT2D eigenvalue weighted by atomic mass is 10.1. The molecule has 8 nitrogen and oxygen atoms in total. The van der Waals surface area contributed by atoms with Gasteiger partial charge in [-0.05, 0) is 19.3 Å². The molecule has 118 valence electrons. The molecule has 0 rings (SSSR count). The second-order valence-corrected chi connectivity index (χ2v) is 4.24. The van der Waals surface area contributed by atoms with Gasteiger partial charge in [-0.25, -0.2) is 0 Å². The second-order valence-electron chi connectivity index (χ2n) is 4.24. The Bertz CT molecular complexity index is 276. The Kier molecular flexibility index (Phi) is 12.0. The summed E-state index contributed by atoms with van der Waals surface area (Å²) in [6.07, 6.45) is 1.74. The summed E-state index contributed by atoms with van der Waals surface area (Å²) in [6, 6.07) is -0.831. The van der Waals surface area contributed by atoms with Crippen LogP contribution in [0.4, 0.5) is 0 Å². The summed E-state index contributed by atoms with van der Waals surface area (Å²) in [7, 11) is 0. The largest absolute Gasteiger partial charge is 0.480 e. The van der Waals surface area contributed by atoms with Crippen LogP contribution in [0, 0.1) is 0 Å². The standard InChI is InChI=1S/C12H25N3O5/c13-4-6-19-7-8-20-9-11(16)15-5-2-1-3-10(14)12(17)18/h10H,1-9,13-14H2,(H,15,16)(H,17,18)/t10-/m0/s1. The van der Waals surface area contributed by atoms with E-state index in [-0.39, 0.29) is 12.5 Å². The van der Waals surface area contributed by atoms with Gasteiger partial charge in [0, 0.05) is 13.1 Å². The zero-order chi connectivity index (χ0) is 15.2. The first-order valence-electron chi connectivity index (χ1n) is 6.68. The summed E-state index contributed by atoms with van der Waals surface area (Å²) in [4.78, 5) is 21.8. The van der Waals surface area contributed by atoms with E-state index in [0.717, 1.165) is 0 Å². The van der Waals surface area contributed by atoms with Crippen molar-refractivity contribution >= 4 is 11.9 Å². The highest BCUT2D eigenvalue weighted by atomic mass is 16.5. The number of amides is 1. The van der Waals surface area contributed by atoms with Crippen molar-refractivity contribution in [2.75, 3.05) is 39.5 Å². The topological polar surface area (TPSA) is 137 Å². The Balaban J connectivity index is 3.30. The lowest BCUT2D eigenvalue weighted by Crippen LogP contribution is -2.31. The quantitative estimate of drug-likeness (QED) is 0.309. The molecular formula is C12H25N3O5. The molecule has 0 aliphatic rings. The first-order chi connectivity index (χ1) is 9.57. The number of nitrogens with two attached hydrogens (primary N) is 2. The molecular weight excluding hydrogens is 266 g/mol. The first-order valence-corrected chi connectivity index (χ1v) is 6.68. The summed E-state index contributed by atoms with van der Waals surface area (Å²) in [5, 5.41) is 11.2. The number of hydrogen-bond donors (Lipinski definition) is 4. The summed E-state index contributed by atoms with van der Waals surface area (Å²) in [6.45, 7) is 2.18. The Morgan fingerprint density at radius 3 is 2.50 bits per heavy atom. The van der Waals surface area contributed by atoms with Gasteiger partial charge in [0.1, 0.15) is 12.6 Å². The number of nitrogens with one attached hydrogen (secondary N) is 1. The van der Waals surface area contributed by atoms with Crippen LogP contribution in [0.1, 0.15) is 19.3 Å². The van der Waals surface area contributed by atoms with E-state index in [1.54, 1.807) is 0 Å². The number of carboxylic acids is 1. The fourth-order valence-electron chi connectivity index (χ4n) is 1.36. The van der Waals surface area contributed by atoms with Crippen molar-refractivity contribution in [3.63, 3.8) is 0 Å². The highest BCUT2D eigenvalue weighted by molar-refractivity contribution is 5.77. The van der Waals surface area contributed by atoms with Gasteiger partial charge in [0.05, 0.1) is 19.8 Å². The number of carbonyl (C=O) groups is 2. The number of carboxylic acid groups (broad SMARTS) is 1. The molecule has 0 aromatic heterocycles. The van der Waals surface area contributed by atoms with Crippen molar-refractivity contribution in [3.8, 4) is 0 Å². The van der Waals surface area contributed by atoms with Gasteiger partial charge in [0.25, 0.3) is 0 Å². The molecule has 20 heavy (non-hydrogen) atoms. The molecule has 0 aromatic rings. The van der Waals surface area contributed by atoms with E-state index < -0.39 is 12.0 Å². The van der Waals surface area contributed by atoms with E-state index in [9.17, 15) is 9.59 Å². The third-order valence-corrected chi connectivity index (χ3v) is 2.45. The SMILES string of the molecule is NCCOCCOCC(=O)NCCCC[C@H](N)C(=O)O. The zero-order valence-electron chi connectivity index (χ0n) is 11.7. The van der Waals surface area contributed by atoms with Crippen LogP contribution in [-0.4, -0.2) is 62.5 Å². The number of unbranched alkanes of at least 4 members (excludes halogenated alkanes) is 1. The molecule has 0 aliphatic carbocycles. The fraction of sp³-hybridized carbons (Fsp3) is 0.833. The lowest BCUT2D eigenvalue weighted by Gasteiger charge is -2.08. The van der Waals surface area contributed by atoms with Crippen LogP contribution in [0.25, 0.3) is 0 Å². The summed E-state index contributed by atoms with van der Waals surface area (Å²) in [5.74, 6) is -1.20. The zero-order valence-corrected chi connectivity index (χ0v) is 11.7. The van der Waals surface area contributed by atoms with Crippen LogP contribution in [0.2, 0.25) is 0 Å². The van der Waals surface area contributed by atoms with Crippen molar-refractivity contribution in [3.05, 3.63) is 0 Å². The van der Waals surface area contributed by atoms with Crippen LogP contribution < -0.4 is 16.8 Å². The minimum Gasteiger partial charge on any atom is -0.480 e. The van der Waals surface area contributed by atoms with E-state index in [1.165, 1.54) is 0 Å². The molecule has 0 spiro atoms. The molecule has 0 saturated carbocycles. The van der Waals surface area contributed by atoms with Gasteiger partial charge >= 0.3 is 5.97 Å². The molecule has 1 amide bonds. The Morgan fingerprint density at radius 2 is 1.85 bits per heavy atom. The molecule has 1 atom stereocenters. The molecule has 6 N–H and O–H groups in total. The number of aliphatic carboxylic acids is 1. The van der Waals surface area contributed by atoms with Crippen molar-refractivity contribution in [2.45, 2.75) is 25.3 Å². The van der Waals surface area contributed by atoms with Crippen molar-refractivity contribution in [1.29, 1.82) is 0 Å². The Labute approximate surface area is 118 Å². The van der Waals surface area contributed by atoms with Gasteiger partial charge in [0.15, 0.2) is 0 Å². The third-order valence-electron chi connectivity index (χ3n) is 2.45. The minimum atomic E-state index is -1.00. The van der Waals surface area contributed by atoms with Crippen LogP contribution in [0.5, 0.6) is 0 Å². The van der Waals surface area contributed by atoms with Crippen molar-refractivity contribution in [1.82, 2.24) is 5.32 Å². The van der Waals surface area contributed by atoms with E-state index >= 15 is 0 Å².